The molecule has 0 bridgehead atoms. The Morgan fingerprint density at radius 3 is 2.69 bits per heavy atom. The average Bonchev–Trinajstić information content (AvgIpc) is 2.43. The number of hydrogen-bond acceptors (Lipinski definition) is 2. The van der Waals surface area contributed by atoms with Gasteiger partial charge in [-0.25, -0.2) is 0 Å². The van der Waals surface area contributed by atoms with Gasteiger partial charge < -0.3 is 10.4 Å². The molecule has 1 aliphatic carbocycles. The second-order valence-corrected chi connectivity index (χ2v) is 5.05. The molecule has 0 radical (unpaired) electrons. The maximum absolute atomic E-state index is 11.2. The van der Waals surface area contributed by atoms with Crippen LogP contribution in [0, 0.1) is 5.92 Å². The van der Waals surface area contributed by atoms with Crippen molar-refractivity contribution in [2.45, 2.75) is 70.9 Å². The first-order valence-corrected chi connectivity index (χ1v) is 6.64. The van der Waals surface area contributed by atoms with Gasteiger partial charge in [0.1, 0.15) is 0 Å². The molecular formula is C13H25NO2. The molecule has 1 rings (SSSR count). The summed E-state index contributed by atoms with van der Waals surface area (Å²) in [7, 11) is 0. The van der Waals surface area contributed by atoms with E-state index in [0.29, 0.717) is 6.04 Å². The lowest BCUT2D eigenvalue weighted by atomic mass is 9.94. The minimum absolute atomic E-state index is 0.179. The van der Waals surface area contributed by atoms with Gasteiger partial charge in [0.25, 0.3) is 0 Å². The normalized spacial score (nSPS) is 28.4. The van der Waals surface area contributed by atoms with Crippen molar-refractivity contribution >= 4 is 5.97 Å². The Kier molecular flexibility index (Phi) is 5.81. The Morgan fingerprint density at radius 1 is 1.38 bits per heavy atom. The van der Waals surface area contributed by atoms with E-state index in [0.717, 1.165) is 32.1 Å². The number of aliphatic carboxylic acids is 1. The number of nitrogens with one attached hydrogen (secondary N) is 1. The summed E-state index contributed by atoms with van der Waals surface area (Å²) in [6, 6.07) is 0.622. The van der Waals surface area contributed by atoms with Crippen LogP contribution < -0.4 is 5.32 Å². The standard InChI is InChI=1S/C13H25NO2/c1-3-7-10(2)14-12-9-6-4-5-8-11(12)13(15)16/h10-12,14H,3-9H2,1-2H3,(H,15,16). The minimum Gasteiger partial charge on any atom is -0.481 e. The predicted octanol–water partition coefficient (Wildman–Crippen LogP) is 2.80. The molecule has 0 spiro atoms. The molecule has 0 aromatic carbocycles. The highest BCUT2D eigenvalue weighted by Crippen LogP contribution is 2.24. The zero-order valence-electron chi connectivity index (χ0n) is 10.5. The Morgan fingerprint density at radius 2 is 2.06 bits per heavy atom. The molecule has 1 aliphatic rings. The van der Waals surface area contributed by atoms with E-state index in [4.69, 9.17) is 0 Å². The van der Waals surface area contributed by atoms with Gasteiger partial charge >= 0.3 is 5.97 Å². The summed E-state index contributed by atoms with van der Waals surface area (Å²) < 4.78 is 0. The molecule has 94 valence electrons. The first-order chi connectivity index (χ1) is 7.65. The van der Waals surface area contributed by atoms with Crippen molar-refractivity contribution in [1.29, 1.82) is 0 Å². The summed E-state index contributed by atoms with van der Waals surface area (Å²) in [6.07, 6.45) is 7.56. The first-order valence-electron chi connectivity index (χ1n) is 6.64. The Hall–Kier alpha value is -0.570. The molecule has 16 heavy (non-hydrogen) atoms. The summed E-state index contributed by atoms with van der Waals surface area (Å²) in [5, 5.41) is 12.7. The first kappa shape index (κ1) is 13.5. The van der Waals surface area contributed by atoms with E-state index in [1.165, 1.54) is 12.8 Å². The molecule has 1 saturated carbocycles. The van der Waals surface area contributed by atoms with Gasteiger partial charge in [-0.2, -0.15) is 0 Å². The van der Waals surface area contributed by atoms with Crippen molar-refractivity contribution in [3.05, 3.63) is 0 Å². The SMILES string of the molecule is CCCC(C)NC1CCCCCC1C(=O)O. The largest absolute Gasteiger partial charge is 0.481 e. The second kappa shape index (κ2) is 6.89. The zero-order valence-corrected chi connectivity index (χ0v) is 10.5. The monoisotopic (exact) mass is 227 g/mol. The van der Waals surface area contributed by atoms with Gasteiger partial charge in [0, 0.05) is 12.1 Å². The fourth-order valence-corrected chi connectivity index (χ4v) is 2.68. The van der Waals surface area contributed by atoms with E-state index in [9.17, 15) is 9.90 Å². The van der Waals surface area contributed by atoms with E-state index < -0.39 is 5.97 Å². The lowest BCUT2D eigenvalue weighted by Gasteiger charge is -2.26. The fraction of sp³-hybridized carbons (Fsp3) is 0.923. The Labute approximate surface area is 98.6 Å². The quantitative estimate of drug-likeness (QED) is 0.710. The van der Waals surface area contributed by atoms with E-state index in [1.807, 2.05) is 0 Å². The molecule has 3 nitrogen and oxygen atoms in total. The van der Waals surface area contributed by atoms with Crippen molar-refractivity contribution < 1.29 is 9.90 Å². The predicted molar refractivity (Wildman–Crippen MR) is 65.5 cm³/mol. The summed E-state index contributed by atoms with van der Waals surface area (Å²) in [4.78, 5) is 11.2. The second-order valence-electron chi connectivity index (χ2n) is 5.05. The molecule has 2 N–H and O–H groups in total. The van der Waals surface area contributed by atoms with E-state index in [-0.39, 0.29) is 12.0 Å². The highest BCUT2D eigenvalue weighted by molar-refractivity contribution is 5.70. The van der Waals surface area contributed by atoms with Crippen molar-refractivity contribution in [3.63, 3.8) is 0 Å². The minimum atomic E-state index is -0.622. The van der Waals surface area contributed by atoms with Crippen LogP contribution in [0.3, 0.4) is 0 Å². The van der Waals surface area contributed by atoms with Gasteiger partial charge in [-0.1, -0.05) is 32.6 Å². The number of carboxylic acid groups (broad SMARTS) is 1. The zero-order chi connectivity index (χ0) is 12.0. The summed E-state index contributed by atoms with van der Waals surface area (Å²) >= 11 is 0. The van der Waals surface area contributed by atoms with Gasteiger partial charge in [-0.15, -0.1) is 0 Å². The fourth-order valence-electron chi connectivity index (χ4n) is 2.68. The third-order valence-electron chi connectivity index (χ3n) is 3.55. The maximum atomic E-state index is 11.2. The van der Waals surface area contributed by atoms with Crippen LogP contribution in [0.25, 0.3) is 0 Å². The summed E-state index contributed by atoms with van der Waals surface area (Å²) in [6.45, 7) is 4.33. The van der Waals surface area contributed by atoms with Gasteiger partial charge in [-0.05, 0) is 26.2 Å². The molecular weight excluding hydrogens is 202 g/mol. The van der Waals surface area contributed by atoms with Crippen molar-refractivity contribution in [1.82, 2.24) is 5.32 Å². The third kappa shape index (κ3) is 4.12. The molecule has 0 amide bonds. The van der Waals surface area contributed by atoms with Crippen LogP contribution in [-0.4, -0.2) is 23.2 Å². The molecule has 0 aliphatic heterocycles. The van der Waals surface area contributed by atoms with Crippen molar-refractivity contribution in [3.8, 4) is 0 Å². The van der Waals surface area contributed by atoms with E-state index in [1.54, 1.807) is 0 Å². The highest BCUT2D eigenvalue weighted by atomic mass is 16.4. The Bertz CT molecular complexity index is 218. The lowest BCUT2D eigenvalue weighted by molar-refractivity contribution is -0.143. The molecule has 1 fully saturated rings. The number of hydrogen-bond donors (Lipinski definition) is 2. The van der Waals surface area contributed by atoms with Crippen LogP contribution >= 0.6 is 0 Å². The van der Waals surface area contributed by atoms with Gasteiger partial charge in [0.05, 0.1) is 5.92 Å². The van der Waals surface area contributed by atoms with Crippen molar-refractivity contribution in [2.75, 3.05) is 0 Å². The molecule has 3 atom stereocenters. The van der Waals surface area contributed by atoms with E-state index >= 15 is 0 Å². The average molecular weight is 227 g/mol. The summed E-state index contributed by atoms with van der Waals surface area (Å²) in [5.41, 5.74) is 0. The van der Waals surface area contributed by atoms with Crippen LogP contribution in [0.4, 0.5) is 0 Å². The lowest BCUT2D eigenvalue weighted by Crippen LogP contribution is -2.43. The smallest absolute Gasteiger partial charge is 0.308 e. The Balaban J connectivity index is 2.53. The van der Waals surface area contributed by atoms with E-state index in [2.05, 4.69) is 19.2 Å². The molecule has 0 heterocycles. The van der Waals surface area contributed by atoms with Gasteiger partial charge in [0.2, 0.25) is 0 Å². The molecule has 0 aromatic rings. The van der Waals surface area contributed by atoms with Crippen LogP contribution in [0.1, 0.15) is 58.8 Å². The number of carbonyl (C=O) groups is 1. The van der Waals surface area contributed by atoms with Gasteiger partial charge in [0.15, 0.2) is 0 Å². The highest BCUT2D eigenvalue weighted by Gasteiger charge is 2.29. The molecule has 0 saturated heterocycles. The van der Waals surface area contributed by atoms with Crippen molar-refractivity contribution in [2.24, 2.45) is 5.92 Å². The number of carboxylic acids is 1. The van der Waals surface area contributed by atoms with Crippen LogP contribution in [0.5, 0.6) is 0 Å². The molecule has 3 heteroatoms. The van der Waals surface area contributed by atoms with Crippen LogP contribution in [0.2, 0.25) is 0 Å². The van der Waals surface area contributed by atoms with Crippen LogP contribution in [-0.2, 0) is 4.79 Å². The van der Waals surface area contributed by atoms with Crippen LogP contribution in [0.15, 0.2) is 0 Å². The molecule has 0 aromatic heterocycles. The third-order valence-corrected chi connectivity index (χ3v) is 3.55. The summed E-state index contributed by atoms with van der Waals surface area (Å²) in [5.74, 6) is -0.801. The molecule has 3 unspecified atom stereocenters. The number of rotatable bonds is 5. The maximum Gasteiger partial charge on any atom is 0.308 e. The topological polar surface area (TPSA) is 49.3 Å². The van der Waals surface area contributed by atoms with Gasteiger partial charge in [-0.3, -0.25) is 4.79 Å².